The van der Waals surface area contributed by atoms with Crippen LogP contribution >= 0.6 is 0 Å². The summed E-state index contributed by atoms with van der Waals surface area (Å²) >= 11 is 0. The minimum Gasteiger partial charge on any atom is -0.473 e. The Kier molecular flexibility index (Phi) is 6.40. The lowest BCUT2D eigenvalue weighted by Gasteiger charge is -2.27. The lowest BCUT2D eigenvalue weighted by Crippen LogP contribution is -2.14. The Bertz CT molecular complexity index is 623. The molecule has 1 fully saturated rings. The van der Waals surface area contributed by atoms with Crippen molar-refractivity contribution in [1.82, 2.24) is 0 Å². The normalized spacial score (nSPS) is 20.7. The molecular formula is C21H27NO. The quantitative estimate of drug-likeness (QED) is 0.368. The minimum atomic E-state index is 0.539. The Hall–Kier alpha value is -2.09. The zero-order chi connectivity index (χ0) is 16.7. The predicted molar refractivity (Wildman–Crippen MR) is 98.3 cm³/mol. The van der Waals surface area contributed by atoms with Gasteiger partial charge >= 0.3 is 0 Å². The van der Waals surface area contributed by atoms with Crippen molar-refractivity contribution in [1.29, 1.82) is 0 Å². The average molecular weight is 309 g/mol. The Labute approximate surface area is 140 Å². The molecule has 0 aliphatic heterocycles. The highest BCUT2D eigenvalue weighted by Crippen LogP contribution is 2.35. The van der Waals surface area contributed by atoms with Gasteiger partial charge in [-0.1, -0.05) is 49.4 Å². The van der Waals surface area contributed by atoms with Crippen molar-refractivity contribution in [2.45, 2.75) is 46.6 Å². The molecule has 0 N–H and O–H groups in total. The fraction of sp³-hybridized carbons (Fsp3) is 0.381. The van der Waals surface area contributed by atoms with Crippen LogP contribution in [0.5, 0.6) is 0 Å². The topological polar surface area (TPSA) is 21.6 Å². The molecule has 0 spiro atoms. The van der Waals surface area contributed by atoms with Crippen molar-refractivity contribution in [3.8, 4) is 0 Å². The molecule has 1 atom stereocenters. The lowest BCUT2D eigenvalue weighted by atomic mass is 9.80. The van der Waals surface area contributed by atoms with Gasteiger partial charge in [-0.2, -0.15) is 0 Å². The molecule has 2 heteroatoms. The third-order valence-corrected chi connectivity index (χ3v) is 4.32. The zero-order valence-corrected chi connectivity index (χ0v) is 14.5. The molecule has 0 heterocycles. The summed E-state index contributed by atoms with van der Waals surface area (Å²) in [5.41, 5.74) is 4.78. The minimum absolute atomic E-state index is 0.539. The van der Waals surface area contributed by atoms with Crippen molar-refractivity contribution < 1.29 is 4.74 Å². The Balaban J connectivity index is 2.17. The van der Waals surface area contributed by atoms with Crippen LogP contribution in [0, 0.1) is 5.92 Å². The molecule has 2 rings (SSSR count). The number of allylic oxidation sites excluding steroid dienone is 4. The van der Waals surface area contributed by atoms with Crippen LogP contribution in [0.2, 0.25) is 0 Å². The molecule has 0 radical (unpaired) electrons. The summed E-state index contributed by atoms with van der Waals surface area (Å²) in [4.78, 5) is 4.79. The zero-order valence-electron chi connectivity index (χ0n) is 14.5. The fourth-order valence-corrected chi connectivity index (χ4v) is 2.65. The van der Waals surface area contributed by atoms with Crippen LogP contribution < -0.4 is 0 Å². The molecule has 2 nitrogen and oxygen atoms in total. The van der Waals surface area contributed by atoms with E-state index in [4.69, 9.17) is 9.73 Å². The molecule has 23 heavy (non-hydrogen) atoms. The van der Waals surface area contributed by atoms with E-state index in [1.165, 1.54) is 12.0 Å². The average Bonchev–Trinajstić information content (AvgIpc) is 2.55. The van der Waals surface area contributed by atoms with Gasteiger partial charge < -0.3 is 4.74 Å². The van der Waals surface area contributed by atoms with E-state index in [1.807, 2.05) is 24.3 Å². The van der Waals surface area contributed by atoms with Gasteiger partial charge in [-0.25, -0.2) is 4.99 Å². The van der Waals surface area contributed by atoms with E-state index in [2.05, 4.69) is 45.6 Å². The Morgan fingerprint density at radius 2 is 2.04 bits per heavy atom. The molecule has 1 unspecified atom stereocenters. The smallest absolute Gasteiger partial charge is 0.216 e. The van der Waals surface area contributed by atoms with Gasteiger partial charge in [0.05, 0.1) is 0 Å². The van der Waals surface area contributed by atoms with Crippen molar-refractivity contribution in [2.24, 2.45) is 10.9 Å². The summed E-state index contributed by atoms with van der Waals surface area (Å²) in [6.07, 6.45) is 7.26. The monoisotopic (exact) mass is 309 g/mol. The largest absolute Gasteiger partial charge is 0.473 e. The molecule has 1 aliphatic carbocycles. The van der Waals surface area contributed by atoms with Gasteiger partial charge in [0.15, 0.2) is 0 Å². The molecule has 1 saturated carbocycles. The highest BCUT2D eigenvalue weighted by atomic mass is 16.5. The van der Waals surface area contributed by atoms with Crippen molar-refractivity contribution in [2.75, 3.05) is 0 Å². The van der Waals surface area contributed by atoms with E-state index < -0.39 is 0 Å². The second kappa shape index (κ2) is 8.52. The van der Waals surface area contributed by atoms with E-state index >= 15 is 0 Å². The van der Waals surface area contributed by atoms with Crippen molar-refractivity contribution in [3.05, 3.63) is 71.5 Å². The summed E-state index contributed by atoms with van der Waals surface area (Å²) in [6, 6.07) is 10.2. The highest BCUT2D eigenvalue weighted by molar-refractivity contribution is 5.93. The molecule has 0 bridgehead atoms. The summed E-state index contributed by atoms with van der Waals surface area (Å²) in [7, 11) is 0. The second-order valence-electron chi connectivity index (χ2n) is 6.15. The second-order valence-corrected chi connectivity index (χ2v) is 6.15. The number of rotatable bonds is 6. The van der Waals surface area contributed by atoms with Crippen LogP contribution in [0.25, 0.3) is 0 Å². The lowest BCUT2D eigenvalue weighted by molar-refractivity contribution is 0.292. The van der Waals surface area contributed by atoms with Gasteiger partial charge in [0.25, 0.3) is 0 Å². The standard InChI is InChI=1S/C21H27NO/c1-5-6-10-17(3)21(22-18(4)20-14-13-16(20)2)23-15-19-11-8-7-9-12-19/h5,7-12,16H,1,6,13-15H2,2-4H3/b17-10?,20-18-,22-21?. The number of ether oxygens (including phenoxy) is 1. The number of hydrogen-bond acceptors (Lipinski definition) is 2. The van der Waals surface area contributed by atoms with Gasteiger partial charge in [0.1, 0.15) is 6.61 Å². The third-order valence-electron chi connectivity index (χ3n) is 4.32. The maximum Gasteiger partial charge on any atom is 0.216 e. The maximum absolute atomic E-state index is 6.02. The molecule has 0 amide bonds. The fourth-order valence-electron chi connectivity index (χ4n) is 2.65. The summed E-state index contributed by atoms with van der Waals surface area (Å²) < 4.78 is 6.02. The van der Waals surface area contributed by atoms with Gasteiger partial charge in [0.2, 0.25) is 5.90 Å². The molecule has 1 aromatic carbocycles. The maximum atomic E-state index is 6.02. The first-order valence-corrected chi connectivity index (χ1v) is 8.35. The third kappa shape index (κ3) is 4.95. The van der Waals surface area contributed by atoms with Crippen LogP contribution in [-0.2, 0) is 11.3 Å². The first kappa shape index (κ1) is 17.3. The first-order chi connectivity index (χ1) is 11.1. The molecule has 0 aromatic heterocycles. The Morgan fingerprint density at radius 1 is 1.30 bits per heavy atom. The van der Waals surface area contributed by atoms with Crippen LogP contribution in [0.3, 0.4) is 0 Å². The molecule has 1 aromatic rings. The van der Waals surface area contributed by atoms with E-state index in [-0.39, 0.29) is 0 Å². The summed E-state index contributed by atoms with van der Waals surface area (Å²) in [6.45, 7) is 10.7. The Morgan fingerprint density at radius 3 is 2.61 bits per heavy atom. The molecule has 0 saturated heterocycles. The molecule has 122 valence electrons. The highest BCUT2D eigenvalue weighted by Gasteiger charge is 2.21. The van der Waals surface area contributed by atoms with E-state index in [9.17, 15) is 0 Å². The van der Waals surface area contributed by atoms with Crippen LogP contribution in [-0.4, -0.2) is 5.90 Å². The van der Waals surface area contributed by atoms with Crippen LogP contribution in [0.1, 0.15) is 45.6 Å². The van der Waals surface area contributed by atoms with Crippen molar-refractivity contribution in [3.63, 3.8) is 0 Å². The van der Waals surface area contributed by atoms with E-state index in [0.717, 1.165) is 35.6 Å². The molecule has 1 aliphatic rings. The SMILES string of the molecule is C=CCC=C(C)C(=N/C(C)=C1/CCC1C)OCc1ccccc1. The van der Waals surface area contributed by atoms with Crippen LogP contribution in [0.15, 0.2) is 70.9 Å². The number of hydrogen-bond donors (Lipinski definition) is 0. The van der Waals surface area contributed by atoms with Crippen LogP contribution in [0.4, 0.5) is 0 Å². The van der Waals surface area contributed by atoms with Crippen molar-refractivity contribution >= 4 is 5.90 Å². The number of aliphatic imine (C=N–C) groups is 1. The van der Waals surface area contributed by atoms with E-state index in [1.54, 1.807) is 0 Å². The van der Waals surface area contributed by atoms with Gasteiger partial charge in [-0.3, -0.25) is 0 Å². The van der Waals surface area contributed by atoms with Gasteiger partial charge in [0, 0.05) is 11.3 Å². The predicted octanol–water partition coefficient (Wildman–Crippen LogP) is 5.83. The number of benzene rings is 1. The molecular weight excluding hydrogens is 282 g/mol. The number of nitrogens with zero attached hydrogens (tertiary/aromatic N) is 1. The first-order valence-electron chi connectivity index (χ1n) is 8.35. The van der Waals surface area contributed by atoms with Gasteiger partial charge in [-0.15, -0.1) is 6.58 Å². The summed E-state index contributed by atoms with van der Waals surface area (Å²) in [5.74, 6) is 1.38. The summed E-state index contributed by atoms with van der Waals surface area (Å²) in [5, 5.41) is 0. The van der Waals surface area contributed by atoms with E-state index in [0.29, 0.717) is 12.5 Å². The van der Waals surface area contributed by atoms with Gasteiger partial charge in [-0.05, 0) is 50.2 Å².